The minimum Gasteiger partial charge on any atom is -0.383 e. The molecule has 2 N–H and O–H groups in total. The lowest BCUT2D eigenvalue weighted by Gasteiger charge is -2.10. The number of aromatic nitrogens is 1. The number of hydrogen-bond acceptors (Lipinski definition) is 3. The van der Waals surface area contributed by atoms with Crippen LogP contribution in [0.25, 0.3) is 0 Å². The number of anilines is 1. The van der Waals surface area contributed by atoms with E-state index >= 15 is 0 Å². The van der Waals surface area contributed by atoms with E-state index < -0.39 is 0 Å². The summed E-state index contributed by atoms with van der Waals surface area (Å²) in [4.78, 5) is 15.8. The topological polar surface area (TPSA) is 54.0 Å². The molecule has 1 aromatic rings. The van der Waals surface area contributed by atoms with Crippen LogP contribution in [0.2, 0.25) is 0 Å². The van der Waals surface area contributed by atoms with Gasteiger partial charge in [0.15, 0.2) is 0 Å². The molecule has 0 unspecified atom stereocenters. The normalized spacial score (nSPS) is 9.88. The number of nitrogens with one attached hydrogen (secondary N) is 2. The summed E-state index contributed by atoms with van der Waals surface area (Å²) in [6.07, 6.45) is 5.29. The first kappa shape index (κ1) is 12.5. The molecular weight excluding hydrogens is 202 g/mol. The van der Waals surface area contributed by atoms with E-state index in [4.69, 9.17) is 0 Å². The van der Waals surface area contributed by atoms with E-state index in [0.717, 1.165) is 25.1 Å². The van der Waals surface area contributed by atoms with Crippen LogP contribution >= 0.6 is 0 Å². The van der Waals surface area contributed by atoms with Crippen LogP contribution < -0.4 is 10.6 Å². The van der Waals surface area contributed by atoms with Crippen molar-refractivity contribution < 1.29 is 4.79 Å². The zero-order valence-corrected chi connectivity index (χ0v) is 9.92. The van der Waals surface area contributed by atoms with E-state index in [9.17, 15) is 4.79 Å². The Hall–Kier alpha value is -1.58. The fraction of sp³-hybridized carbons (Fsp3) is 0.500. The number of rotatable bonds is 6. The van der Waals surface area contributed by atoms with Crippen molar-refractivity contribution in [3.05, 3.63) is 24.0 Å². The van der Waals surface area contributed by atoms with Crippen LogP contribution in [0, 0.1) is 0 Å². The number of pyridine rings is 1. The lowest BCUT2D eigenvalue weighted by Crippen LogP contribution is -2.25. The smallest absolute Gasteiger partial charge is 0.253 e. The molecule has 4 heteroatoms. The highest BCUT2D eigenvalue weighted by atomic mass is 16.1. The molecule has 0 aliphatic rings. The molecule has 88 valence electrons. The van der Waals surface area contributed by atoms with Crippen molar-refractivity contribution in [1.82, 2.24) is 10.3 Å². The van der Waals surface area contributed by atoms with E-state index in [2.05, 4.69) is 22.5 Å². The third-order valence-corrected chi connectivity index (χ3v) is 2.17. The van der Waals surface area contributed by atoms with Crippen LogP contribution in [0.5, 0.6) is 0 Å². The molecule has 0 aliphatic heterocycles. The number of hydrogen-bond donors (Lipinski definition) is 2. The minimum atomic E-state index is -0.0390. The van der Waals surface area contributed by atoms with Crippen LogP contribution in [-0.4, -0.2) is 24.0 Å². The summed E-state index contributed by atoms with van der Waals surface area (Å²) in [5, 5.41) is 6.06. The van der Waals surface area contributed by atoms with Crippen molar-refractivity contribution in [2.45, 2.75) is 26.7 Å². The maximum absolute atomic E-state index is 11.8. The lowest BCUT2D eigenvalue weighted by molar-refractivity contribution is 0.0954. The number of nitrogens with zero attached hydrogens (tertiary/aromatic N) is 1. The van der Waals surface area contributed by atoms with Gasteiger partial charge in [0, 0.05) is 19.3 Å². The number of amides is 1. The molecule has 1 heterocycles. The molecule has 0 fully saturated rings. The first-order chi connectivity index (χ1) is 7.79. The Balaban J connectivity index is 2.73. The van der Waals surface area contributed by atoms with E-state index in [-0.39, 0.29) is 5.91 Å². The molecule has 0 radical (unpaired) electrons. The number of carbonyl (C=O) groups is 1. The highest BCUT2D eigenvalue weighted by molar-refractivity contribution is 5.99. The second-order valence-corrected chi connectivity index (χ2v) is 3.60. The van der Waals surface area contributed by atoms with Crippen molar-refractivity contribution >= 4 is 11.6 Å². The fourth-order valence-electron chi connectivity index (χ4n) is 1.33. The molecule has 16 heavy (non-hydrogen) atoms. The van der Waals surface area contributed by atoms with Crippen molar-refractivity contribution in [1.29, 1.82) is 0 Å². The summed E-state index contributed by atoms with van der Waals surface area (Å²) in [5.41, 5.74) is 1.47. The molecule has 0 bridgehead atoms. The summed E-state index contributed by atoms with van der Waals surface area (Å²) in [6, 6.07) is 1.74. The summed E-state index contributed by atoms with van der Waals surface area (Å²) in [5.74, 6) is -0.0390. The average Bonchev–Trinajstić information content (AvgIpc) is 2.33. The van der Waals surface area contributed by atoms with Gasteiger partial charge in [-0.2, -0.15) is 0 Å². The van der Waals surface area contributed by atoms with Gasteiger partial charge < -0.3 is 10.6 Å². The molecule has 0 atom stereocenters. The lowest BCUT2D eigenvalue weighted by atomic mass is 10.2. The third-order valence-electron chi connectivity index (χ3n) is 2.17. The van der Waals surface area contributed by atoms with Gasteiger partial charge in [-0.3, -0.25) is 9.78 Å². The van der Waals surface area contributed by atoms with E-state index in [1.807, 2.05) is 6.92 Å². The quantitative estimate of drug-likeness (QED) is 0.773. The molecule has 1 rings (SSSR count). The fourth-order valence-corrected chi connectivity index (χ4v) is 1.33. The zero-order chi connectivity index (χ0) is 11.8. The van der Waals surface area contributed by atoms with Gasteiger partial charge in [-0.05, 0) is 18.9 Å². The predicted molar refractivity (Wildman–Crippen MR) is 65.6 cm³/mol. The molecule has 4 nitrogen and oxygen atoms in total. The monoisotopic (exact) mass is 221 g/mol. The summed E-state index contributed by atoms with van der Waals surface area (Å²) < 4.78 is 0. The van der Waals surface area contributed by atoms with Crippen LogP contribution in [0.1, 0.15) is 37.0 Å². The molecule has 0 aliphatic carbocycles. The predicted octanol–water partition coefficient (Wildman–Crippen LogP) is 2.04. The Labute approximate surface area is 96.5 Å². The third kappa shape index (κ3) is 3.53. The van der Waals surface area contributed by atoms with Crippen LogP contribution in [0.3, 0.4) is 0 Å². The first-order valence-electron chi connectivity index (χ1n) is 5.75. The van der Waals surface area contributed by atoms with Crippen molar-refractivity contribution in [2.75, 3.05) is 18.4 Å². The van der Waals surface area contributed by atoms with Gasteiger partial charge in [-0.1, -0.05) is 13.8 Å². The van der Waals surface area contributed by atoms with Crippen LogP contribution in [0.15, 0.2) is 18.5 Å². The highest BCUT2D eigenvalue weighted by Crippen LogP contribution is 2.12. The van der Waals surface area contributed by atoms with Gasteiger partial charge >= 0.3 is 0 Å². The van der Waals surface area contributed by atoms with Crippen molar-refractivity contribution in [3.8, 4) is 0 Å². The Morgan fingerprint density at radius 2 is 2.06 bits per heavy atom. The summed E-state index contributed by atoms with van der Waals surface area (Å²) in [7, 11) is 0. The van der Waals surface area contributed by atoms with Crippen molar-refractivity contribution in [2.24, 2.45) is 0 Å². The Bertz CT molecular complexity index is 339. The molecule has 0 spiro atoms. The first-order valence-corrected chi connectivity index (χ1v) is 5.75. The van der Waals surface area contributed by atoms with Gasteiger partial charge in [-0.25, -0.2) is 0 Å². The average molecular weight is 221 g/mol. The number of carbonyl (C=O) groups excluding carboxylic acids is 1. The van der Waals surface area contributed by atoms with Gasteiger partial charge in [-0.15, -0.1) is 0 Å². The maximum Gasteiger partial charge on any atom is 0.253 e. The van der Waals surface area contributed by atoms with E-state index in [1.54, 1.807) is 18.5 Å². The van der Waals surface area contributed by atoms with Crippen molar-refractivity contribution in [3.63, 3.8) is 0 Å². The molecule has 0 aromatic carbocycles. The molecule has 1 amide bonds. The van der Waals surface area contributed by atoms with Gasteiger partial charge in [0.05, 0.1) is 17.4 Å². The summed E-state index contributed by atoms with van der Waals surface area (Å²) in [6.45, 7) is 5.66. The van der Waals surface area contributed by atoms with Crippen LogP contribution in [-0.2, 0) is 0 Å². The SMILES string of the molecule is CCCNC(=O)c1ccncc1NCCC. The zero-order valence-electron chi connectivity index (χ0n) is 9.92. The second kappa shape index (κ2) is 6.82. The second-order valence-electron chi connectivity index (χ2n) is 3.60. The largest absolute Gasteiger partial charge is 0.383 e. The van der Waals surface area contributed by atoms with Gasteiger partial charge in [0.1, 0.15) is 0 Å². The molecular formula is C12H19N3O. The summed E-state index contributed by atoms with van der Waals surface area (Å²) >= 11 is 0. The van der Waals surface area contributed by atoms with E-state index in [0.29, 0.717) is 12.1 Å². The van der Waals surface area contributed by atoms with Crippen LogP contribution in [0.4, 0.5) is 5.69 Å². The maximum atomic E-state index is 11.8. The standard InChI is InChI=1S/C12H19N3O/c1-3-6-14-11-9-13-8-5-10(11)12(16)15-7-4-2/h5,8-9,14H,3-4,6-7H2,1-2H3,(H,15,16). The minimum absolute atomic E-state index is 0.0390. The Morgan fingerprint density at radius 1 is 1.31 bits per heavy atom. The molecule has 1 aromatic heterocycles. The molecule has 0 saturated carbocycles. The van der Waals surface area contributed by atoms with Gasteiger partial charge in [0.2, 0.25) is 0 Å². The molecule has 0 saturated heterocycles. The Kier molecular flexibility index (Phi) is 5.32. The van der Waals surface area contributed by atoms with Gasteiger partial charge in [0.25, 0.3) is 5.91 Å². The van der Waals surface area contributed by atoms with E-state index in [1.165, 1.54) is 0 Å². The Morgan fingerprint density at radius 3 is 2.75 bits per heavy atom. The highest BCUT2D eigenvalue weighted by Gasteiger charge is 2.09.